The van der Waals surface area contributed by atoms with Gasteiger partial charge in [-0.3, -0.25) is 57.6 Å². The maximum Gasteiger partial charge on any atom is 0.245 e. The number of aliphatic hydroxyl groups excluding tert-OH is 1. The van der Waals surface area contributed by atoms with E-state index in [-0.39, 0.29) is 87.0 Å². The van der Waals surface area contributed by atoms with E-state index in [0.29, 0.717) is 18.4 Å². The maximum absolute atomic E-state index is 14.9. The van der Waals surface area contributed by atoms with Crippen LogP contribution in [0, 0.1) is 41.4 Å². The van der Waals surface area contributed by atoms with Crippen molar-refractivity contribution in [3.05, 3.63) is 35.9 Å². The molecule has 0 bridgehead atoms. The molecule has 1 aromatic rings. The van der Waals surface area contributed by atoms with Crippen LogP contribution < -0.4 is 26.6 Å². The molecule has 0 radical (unpaired) electrons. The third kappa shape index (κ3) is 24.3. The van der Waals surface area contributed by atoms with Crippen molar-refractivity contribution in [2.45, 2.75) is 229 Å². The number of benzene rings is 1. The third-order valence-corrected chi connectivity index (χ3v) is 17.1. The quantitative estimate of drug-likeness (QED) is 0.145. The Morgan fingerprint density at radius 2 is 0.933 bits per heavy atom. The Labute approximate surface area is 538 Å². The van der Waals surface area contributed by atoms with E-state index < -0.39 is 137 Å². The number of rotatable bonds is 15. The molecule has 13 atom stereocenters. The number of hydrogen-bond acceptors (Lipinski definition) is 13. The maximum atomic E-state index is 14.9. The molecular weight excluding hydrogens is 1150 g/mol. The monoisotopic (exact) mass is 1270 g/mol. The van der Waals surface area contributed by atoms with Crippen molar-refractivity contribution >= 4 is 64.9 Å². The molecule has 0 aliphatic carbocycles. The minimum atomic E-state index is -1.56. The third-order valence-electron chi connectivity index (χ3n) is 17.1. The van der Waals surface area contributed by atoms with E-state index in [4.69, 9.17) is 0 Å². The number of Topliss-reactive ketones (excluding diaryl/α,β-unsaturated/α-hetero) is 1. The van der Waals surface area contributed by atoms with Gasteiger partial charge in [0.05, 0.1) is 24.6 Å². The summed E-state index contributed by atoms with van der Waals surface area (Å²) in [6.45, 7) is 28.5. The summed E-state index contributed by atoms with van der Waals surface area (Å²) in [5.41, 5.74) is 0.666. The first-order valence-electron chi connectivity index (χ1n) is 32.5. The summed E-state index contributed by atoms with van der Waals surface area (Å²) in [5, 5.41) is 25.3. The fourth-order valence-corrected chi connectivity index (χ4v) is 11.4. The lowest BCUT2D eigenvalue weighted by atomic mass is 9.94. The summed E-state index contributed by atoms with van der Waals surface area (Å²) in [4.78, 5) is 168. The molecule has 0 aromatic heterocycles. The average molecular weight is 1270 g/mol. The van der Waals surface area contributed by atoms with Gasteiger partial charge in [0, 0.05) is 60.7 Å². The molecule has 1 aromatic carbocycles. The fourth-order valence-electron chi connectivity index (χ4n) is 11.4. The molecule has 1 aliphatic heterocycles. The highest BCUT2D eigenvalue weighted by Crippen LogP contribution is 2.23. The second-order valence-corrected chi connectivity index (χ2v) is 27.7. The number of nitrogens with zero attached hydrogens (tertiary/aromatic N) is 6. The van der Waals surface area contributed by atoms with Crippen LogP contribution in [0.1, 0.15) is 161 Å². The minimum absolute atomic E-state index is 0.0331. The zero-order valence-electron chi connectivity index (χ0n) is 58.5. The van der Waals surface area contributed by atoms with Gasteiger partial charge in [0.15, 0.2) is 5.78 Å². The Morgan fingerprint density at radius 1 is 0.478 bits per heavy atom. The zero-order chi connectivity index (χ0) is 68.9. The standard InChI is InChI=1S/C67H115N11O12/c1-23-43(12)57-62(85)69-45(14)64(87)74(18)46(15)65(88)76(20)51(30-39(4)5)55(80)37-73(17)36-49(29-38(2)3)59(82)72-58(47(16)79)63(86)70-50(35-48-27-25-24-26-28-48)66(89)77(21)52(31-40(6)7)60(83)68-44(13)34-56(81)75(19)54(33-42(10)11)67(90)78(22)53(32-41(8)9)61(84)71-57/h24-28,38-47,49-54,57-58,79H,23,29-37H2,1-22H3,(H,68,83)(H,69,85)(H,70,86)(H,71,84)(H,72,82)/t43-,44-,45-,46-,47+,49+,50-,51-,52-,53-,54-,57-,58?/m0/s1. The van der Waals surface area contributed by atoms with Gasteiger partial charge < -0.3 is 56.2 Å². The van der Waals surface area contributed by atoms with E-state index in [9.17, 15) is 57.8 Å². The predicted molar refractivity (Wildman–Crippen MR) is 349 cm³/mol. The van der Waals surface area contributed by atoms with Crippen molar-refractivity contribution < 1.29 is 57.8 Å². The summed E-state index contributed by atoms with van der Waals surface area (Å²) < 4.78 is 0. The van der Waals surface area contributed by atoms with E-state index in [1.54, 1.807) is 56.1 Å². The van der Waals surface area contributed by atoms with Crippen LogP contribution in [0.2, 0.25) is 0 Å². The molecule has 1 saturated heterocycles. The van der Waals surface area contributed by atoms with E-state index in [1.807, 2.05) is 76.2 Å². The number of ketones is 1. The number of carbonyl (C=O) groups excluding carboxylic acids is 11. The average Bonchev–Trinajstić information content (AvgIpc) is 2.48. The van der Waals surface area contributed by atoms with Crippen molar-refractivity contribution in [3.63, 3.8) is 0 Å². The van der Waals surface area contributed by atoms with Gasteiger partial charge in [-0.1, -0.05) is 120 Å². The lowest BCUT2D eigenvalue weighted by Crippen LogP contribution is -2.61. The minimum Gasteiger partial charge on any atom is -0.391 e. The number of carbonyl (C=O) groups is 11. The molecular formula is C67H115N11O12. The molecule has 1 fully saturated rings. The van der Waals surface area contributed by atoms with E-state index in [0.717, 1.165) is 0 Å². The normalized spacial score (nSPS) is 27.2. The summed E-state index contributed by atoms with van der Waals surface area (Å²) in [7, 11) is 9.04. The van der Waals surface area contributed by atoms with Crippen LogP contribution in [-0.4, -0.2) is 221 Å². The van der Waals surface area contributed by atoms with Crippen LogP contribution >= 0.6 is 0 Å². The fraction of sp³-hybridized carbons (Fsp3) is 0.746. The highest BCUT2D eigenvalue weighted by molar-refractivity contribution is 5.98. The van der Waals surface area contributed by atoms with Gasteiger partial charge >= 0.3 is 0 Å². The Balaban J connectivity index is 2.89. The lowest BCUT2D eigenvalue weighted by molar-refractivity contribution is -0.149. The predicted octanol–water partition coefficient (Wildman–Crippen LogP) is 4.03. The van der Waals surface area contributed by atoms with Gasteiger partial charge in [0.1, 0.15) is 48.3 Å². The molecule has 90 heavy (non-hydrogen) atoms. The first-order valence-corrected chi connectivity index (χ1v) is 32.5. The molecule has 6 N–H and O–H groups in total. The Kier molecular flexibility index (Phi) is 32.8. The Morgan fingerprint density at radius 3 is 1.43 bits per heavy atom. The highest BCUT2D eigenvalue weighted by atomic mass is 16.3. The number of likely N-dealkylation sites (N-methyl/N-ethyl adjacent to an activating group) is 6. The summed E-state index contributed by atoms with van der Waals surface area (Å²) in [6, 6.07) is -2.47. The molecule has 10 amide bonds. The number of aliphatic hydroxyl groups is 1. The number of nitrogens with one attached hydrogen (secondary N) is 5. The van der Waals surface area contributed by atoms with Crippen molar-refractivity contribution in [2.75, 3.05) is 55.4 Å². The van der Waals surface area contributed by atoms with E-state index in [2.05, 4.69) is 26.6 Å². The largest absolute Gasteiger partial charge is 0.391 e. The summed E-state index contributed by atoms with van der Waals surface area (Å²) >= 11 is 0. The first-order chi connectivity index (χ1) is 41.7. The van der Waals surface area contributed by atoms with Gasteiger partial charge in [-0.05, 0) is 108 Å². The molecule has 1 unspecified atom stereocenters. The number of hydrogen-bond donors (Lipinski definition) is 6. The second-order valence-electron chi connectivity index (χ2n) is 27.7. The smallest absolute Gasteiger partial charge is 0.245 e. The van der Waals surface area contributed by atoms with Gasteiger partial charge in [-0.25, -0.2) is 0 Å². The summed E-state index contributed by atoms with van der Waals surface area (Å²) in [5.74, 6) is -8.19. The van der Waals surface area contributed by atoms with E-state index in [1.165, 1.54) is 80.5 Å². The Bertz CT molecular complexity index is 2560. The topological polar surface area (TPSA) is 288 Å². The molecule has 23 heteroatoms. The Hall–Kier alpha value is -6.49. The van der Waals surface area contributed by atoms with Crippen molar-refractivity contribution in [3.8, 4) is 0 Å². The van der Waals surface area contributed by atoms with Gasteiger partial charge in [0.25, 0.3) is 0 Å². The molecule has 1 heterocycles. The summed E-state index contributed by atoms with van der Waals surface area (Å²) in [6.07, 6.45) is -0.152. The van der Waals surface area contributed by atoms with Crippen LogP contribution in [0.15, 0.2) is 30.3 Å². The number of amides is 10. The molecule has 1 aliphatic rings. The van der Waals surface area contributed by atoms with Crippen LogP contribution in [-0.2, 0) is 59.2 Å². The van der Waals surface area contributed by atoms with Crippen molar-refractivity contribution in [2.24, 2.45) is 41.4 Å². The molecule has 23 nitrogen and oxygen atoms in total. The van der Waals surface area contributed by atoms with Gasteiger partial charge in [-0.2, -0.15) is 0 Å². The van der Waals surface area contributed by atoms with Crippen molar-refractivity contribution in [1.29, 1.82) is 0 Å². The molecule has 510 valence electrons. The highest BCUT2D eigenvalue weighted by Gasteiger charge is 2.42. The van der Waals surface area contributed by atoms with Crippen LogP contribution in [0.5, 0.6) is 0 Å². The second kappa shape index (κ2) is 37.1. The van der Waals surface area contributed by atoms with E-state index >= 15 is 0 Å². The van der Waals surface area contributed by atoms with Gasteiger partial charge in [-0.15, -0.1) is 0 Å². The molecule has 0 saturated carbocycles. The lowest BCUT2D eigenvalue weighted by Gasteiger charge is -2.37. The van der Waals surface area contributed by atoms with Crippen LogP contribution in [0.3, 0.4) is 0 Å². The van der Waals surface area contributed by atoms with Crippen molar-refractivity contribution in [1.82, 2.24) is 56.0 Å². The van der Waals surface area contributed by atoms with Crippen LogP contribution in [0.25, 0.3) is 0 Å². The van der Waals surface area contributed by atoms with Gasteiger partial charge in [0.2, 0.25) is 59.1 Å². The molecule has 2 rings (SSSR count). The van der Waals surface area contributed by atoms with Crippen LogP contribution in [0.4, 0.5) is 0 Å². The SMILES string of the molecule is CC[C@H](C)[C@@H]1NC(=O)[C@H](CC(C)C)N(C)C(=O)[C@H](CC(C)C)N(C)C(=O)C[C@H](C)NC(=O)[C@H](CC(C)C)N(C)C(=O)[C@H](Cc2ccccc2)NC(=O)C([C@@H](C)O)NC(=O)[C@H](CC(C)C)CN(C)CC(=O)[C@H](CC(C)C)N(C)C(=O)[C@H](C)N(C)C(=O)[C@H](C)NC1=O. The molecule has 0 spiro atoms. The zero-order valence-corrected chi connectivity index (χ0v) is 58.5. The first kappa shape index (κ1) is 79.6.